The molecule has 4 nitrogen and oxygen atoms in total. The summed E-state index contributed by atoms with van der Waals surface area (Å²) in [4.78, 5) is 12.7. The molecule has 1 aromatic carbocycles. The van der Waals surface area contributed by atoms with Crippen molar-refractivity contribution < 1.29 is 4.79 Å². The lowest BCUT2D eigenvalue weighted by Crippen LogP contribution is -2.27. The molecule has 0 radical (unpaired) electrons. The van der Waals surface area contributed by atoms with Gasteiger partial charge < -0.3 is 16.4 Å². The SMILES string of the molecule is CCNCCCNC(=O)c1sc2cc(Br)ccc2c1N. The van der Waals surface area contributed by atoms with E-state index in [0.29, 0.717) is 17.1 Å². The van der Waals surface area contributed by atoms with E-state index in [-0.39, 0.29) is 5.91 Å². The fourth-order valence-electron chi connectivity index (χ4n) is 1.93. The molecule has 20 heavy (non-hydrogen) atoms. The molecule has 0 saturated carbocycles. The Morgan fingerprint density at radius 3 is 2.95 bits per heavy atom. The van der Waals surface area contributed by atoms with Crippen molar-refractivity contribution in [3.63, 3.8) is 0 Å². The van der Waals surface area contributed by atoms with Crippen LogP contribution in [-0.4, -0.2) is 25.5 Å². The molecule has 4 N–H and O–H groups in total. The van der Waals surface area contributed by atoms with Crippen molar-refractivity contribution in [2.24, 2.45) is 0 Å². The Kier molecular flexibility index (Phi) is 5.39. The highest BCUT2D eigenvalue weighted by Gasteiger charge is 2.15. The predicted molar refractivity (Wildman–Crippen MR) is 89.4 cm³/mol. The maximum Gasteiger partial charge on any atom is 0.263 e. The summed E-state index contributed by atoms with van der Waals surface area (Å²) >= 11 is 4.86. The largest absolute Gasteiger partial charge is 0.397 e. The van der Waals surface area contributed by atoms with Crippen LogP contribution in [0.5, 0.6) is 0 Å². The average Bonchev–Trinajstić information content (AvgIpc) is 2.75. The van der Waals surface area contributed by atoms with Gasteiger partial charge in [-0.15, -0.1) is 11.3 Å². The maximum atomic E-state index is 12.1. The van der Waals surface area contributed by atoms with E-state index in [1.54, 1.807) is 0 Å². The number of fused-ring (bicyclic) bond motifs is 1. The van der Waals surface area contributed by atoms with E-state index in [1.807, 2.05) is 18.2 Å². The fraction of sp³-hybridized carbons (Fsp3) is 0.357. The number of nitrogen functional groups attached to an aromatic ring is 1. The lowest BCUT2D eigenvalue weighted by molar-refractivity contribution is 0.0958. The number of benzene rings is 1. The Labute approximate surface area is 130 Å². The highest BCUT2D eigenvalue weighted by Crippen LogP contribution is 2.35. The zero-order valence-corrected chi connectivity index (χ0v) is 13.7. The van der Waals surface area contributed by atoms with Crippen LogP contribution in [0.2, 0.25) is 0 Å². The summed E-state index contributed by atoms with van der Waals surface area (Å²) in [6.45, 7) is 4.58. The number of carbonyl (C=O) groups is 1. The number of nitrogens with one attached hydrogen (secondary N) is 2. The predicted octanol–water partition coefficient (Wildman–Crippen LogP) is 2.98. The molecule has 0 bridgehead atoms. The summed E-state index contributed by atoms with van der Waals surface area (Å²) < 4.78 is 2.01. The Balaban J connectivity index is 2.04. The molecule has 0 aliphatic heterocycles. The van der Waals surface area contributed by atoms with Gasteiger partial charge in [-0.2, -0.15) is 0 Å². The van der Waals surface area contributed by atoms with Crippen LogP contribution < -0.4 is 16.4 Å². The number of anilines is 1. The number of carbonyl (C=O) groups excluding carboxylic acids is 1. The number of amides is 1. The number of hydrogen-bond donors (Lipinski definition) is 3. The van der Waals surface area contributed by atoms with Crippen molar-refractivity contribution in [1.29, 1.82) is 0 Å². The maximum absolute atomic E-state index is 12.1. The average molecular weight is 356 g/mol. The van der Waals surface area contributed by atoms with Crippen molar-refractivity contribution in [3.05, 3.63) is 27.5 Å². The summed E-state index contributed by atoms with van der Waals surface area (Å²) in [7, 11) is 0. The van der Waals surface area contributed by atoms with Crippen molar-refractivity contribution in [2.45, 2.75) is 13.3 Å². The monoisotopic (exact) mass is 355 g/mol. The standard InChI is InChI=1S/C14H18BrN3OS/c1-2-17-6-3-7-18-14(19)13-12(16)10-5-4-9(15)8-11(10)20-13/h4-5,8,17H,2-3,6-7,16H2,1H3,(H,18,19). The minimum absolute atomic E-state index is 0.0867. The third-order valence-electron chi connectivity index (χ3n) is 2.96. The third-order valence-corrected chi connectivity index (χ3v) is 4.62. The van der Waals surface area contributed by atoms with Crippen molar-refractivity contribution in [1.82, 2.24) is 10.6 Å². The van der Waals surface area contributed by atoms with Gasteiger partial charge in [-0.25, -0.2) is 0 Å². The third kappa shape index (κ3) is 3.50. The summed E-state index contributed by atoms with van der Waals surface area (Å²) in [6.07, 6.45) is 0.913. The molecule has 0 aliphatic rings. The Morgan fingerprint density at radius 1 is 1.40 bits per heavy atom. The molecule has 2 rings (SSSR count). The molecule has 6 heteroatoms. The van der Waals surface area contributed by atoms with Gasteiger partial charge in [0.2, 0.25) is 0 Å². The first-order chi connectivity index (χ1) is 9.63. The van der Waals surface area contributed by atoms with Crippen LogP contribution in [0, 0.1) is 0 Å². The summed E-state index contributed by atoms with van der Waals surface area (Å²) in [5, 5.41) is 7.08. The molecular weight excluding hydrogens is 338 g/mol. The van der Waals surface area contributed by atoms with E-state index in [1.165, 1.54) is 11.3 Å². The van der Waals surface area contributed by atoms with E-state index < -0.39 is 0 Å². The Morgan fingerprint density at radius 2 is 2.20 bits per heavy atom. The zero-order chi connectivity index (χ0) is 14.5. The molecule has 1 amide bonds. The zero-order valence-electron chi connectivity index (χ0n) is 11.3. The molecule has 0 atom stereocenters. The van der Waals surface area contributed by atoms with Gasteiger partial charge in [-0.05, 0) is 31.6 Å². The molecule has 0 aliphatic carbocycles. The smallest absolute Gasteiger partial charge is 0.263 e. The molecule has 1 heterocycles. The Bertz CT molecular complexity index is 612. The van der Waals surface area contributed by atoms with Gasteiger partial charge in [0.05, 0.1) is 5.69 Å². The summed E-state index contributed by atoms with van der Waals surface area (Å²) in [5.74, 6) is -0.0867. The van der Waals surface area contributed by atoms with Crippen LogP contribution >= 0.6 is 27.3 Å². The first kappa shape index (κ1) is 15.3. The number of nitrogens with two attached hydrogens (primary N) is 1. The number of thiophene rings is 1. The molecule has 0 spiro atoms. The van der Waals surface area contributed by atoms with Crippen molar-refractivity contribution in [3.8, 4) is 0 Å². The van der Waals surface area contributed by atoms with Crippen LogP contribution in [0.1, 0.15) is 23.0 Å². The van der Waals surface area contributed by atoms with Gasteiger partial charge in [-0.3, -0.25) is 4.79 Å². The highest BCUT2D eigenvalue weighted by atomic mass is 79.9. The summed E-state index contributed by atoms with van der Waals surface area (Å²) in [6, 6.07) is 5.86. The first-order valence-corrected chi connectivity index (χ1v) is 8.21. The minimum atomic E-state index is -0.0867. The topological polar surface area (TPSA) is 67.1 Å². The van der Waals surface area contributed by atoms with E-state index >= 15 is 0 Å². The Hall–Kier alpha value is -1.11. The van der Waals surface area contributed by atoms with E-state index in [4.69, 9.17) is 5.73 Å². The first-order valence-electron chi connectivity index (χ1n) is 6.60. The number of hydrogen-bond acceptors (Lipinski definition) is 4. The quantitative estimate of drug-likeness (QED) is 0.697. The second-order valence-corrected chi connectivity index (χ2v) is 6.42. The number of rotatable bonds is 6. The molecule has 108 valence electrons. The van der Waals surface area contributed by atoms with Crippen LogP contribution in [0.25, 0.3) is 10.1 Å². The molecule has 0 saturated heterocycles. The van der Waals surface area contributed by atoms with Crippen LogP contribution in [0.15, 0.2) is 22.7 Å². The van der Waals surface area contributed by atoms with Crippen molar-refractivity contribution >= 4 is 48.9 Å². The van der Waals surface area contributed by atoms with Crippen LogP contribution in [0.4, 0.5) is 5.69 Å². The normalized spacial score (nSPS) is 10.9. The fourth-order valence-corrected chi connectivity index (χ4v) is 3.52. The van der Waals surface area contributed by atoms with Gasteiger partial charge in [0.25, 0.3) is 5.91 Å². The van der Waals surface area contributed by atoms with Gasteiger partial charge in [0.1, 0.15) is 4.88 Å². The molecular formula is C14H18BrN3OS. The van der Waals surface area contributed by atoms with Crippen LogP contribution in [-0.2, 0) is 0 Å². The van der Waals surface area contributed by atoms with E-state index in [2.05, 4.69) is 33.5 Å². The van der Waals surface area contributed by atoms with Gasteiger partial charge in [0.15, 0.2) is 0 Å². The lowest BCUT2D eigenvalue weighted by Gasteiger charge is -2.04. The molecule has 2 aromatic rings. The van der Waals surface area contributed by atoms with E-state index in [0.717, 1.165) is 34.1 Å². The molecule has 0 unspecified atom stereocenters. The van der Waals surface area contributed by atoms with Crippen LogP contribution in [0.3, 0.4) is 0 Å². The minimum Gasteiger partial charge on any atom is -0.397 e. The van der Waals surface area contributed by atoms with Gasteiger partial charge in [0, 0.05) is 21.1 Å². The van der Waals surface area contributed by atoms with E-state index in [9.17, 15) is 4.79 Å². The lowest BCUT2D eigenvalue weighted by atomic mass is 10.2. The van der Waals surface area contributed by atoms with Crippen molar-refractivity contribution in [2.75, 3.05) is 25.4 Å². The molecule has 1 aromatic heterocycles. The highest BCUT2D eigenvalue weighted by molar-refractivity contribution is 9.10. The second-order valence-electron chi connectivity index (χ2n) is 4.45. The summed E-state index contributed by atoms with van der Waals surface area (Å²) in [5.41, 5.74) is 6.63. The van der Waals surface area contributed by atoms with Gasteiger partial charge in [-0.1, -0.05) is 28.9 Å². The van der Waals surface area contributed by atoms with Gasteiger partial charge >= 0.3 is 0 Å². The number of halogens is 1. The second kappa shape index (κ2) is 7.06. The molecule has 0 fully saturated rings.